The first-order chi connectivity index (χ1) is 8.02. The Morgan fingerprint density at radius 3 is 2.29 bits per heavy atom. The fourth-order valence-corrected chi connectivity index (χ4v) is 2.65. The van der Waals surface area contributed by atoms with E-state index in [2.05, 4.69) is 0 Å². The second-order valence-corrected chi connectivity index (χ2v) is 5.05. The number of rotatable bonds is 3. The second kappa shape index (κ2) is 4.29. The summed E-state index contributed by atoms with van der Waals surface area (Å²) in [5.41, 5.74) is -0.839. The van der Waals surface area contributed by atoms with Crippen molar-refractivity contribution < 1.29 is 23.8 Å². The fourth-order valence-electron chi connectivity index (χ4n) is 2.65. The van der Waals surface area contributed by atoms with Gasteiger partial charge in [0.05, 0.1) is 20.3 Å². The Hall–Kier alpha value is -1.10. The minimum absolute atomic E-state index is 0.0958. The van der Waals surface area contributed by atoms with Crippen molar-refractivity contribution >= 4 is 11.9 Å². The Kier molecular flexibility index (Phi) is 3.12. The van der Waals surface area contributed by atoms with E-state index in [1.807, 2.05) is 0 Å². The van der Waals surface area contributed by atoms with E-state index in [1.165, 1.54) is 14.0 Å². The fraction of sp³-hybridized carbons (Fsp3) is 0.833. The van der Waals surface area contributed by atoms with Crippen LogP contribution in [0.4, 0.5) is 0 Å². The molecule has 2 saturated heterocycles. The van der Waals surface area contributed by atoms with Gasteiger partial charge in [-0.3, -0.25) is 4.79 Å². The molecule has 1 saturated carbocycles. The molecule has 96 valence electrons. The number of hydrogen-bond donors (Lipinski definition) is 0. The monoisotopic (exact) mass is 242 g/mol. The highest BCUT2D eigenvalue weighted by Crippen LogP contribution is 2.49. The van der Waals surface area contributed by atoms with Crippen LogP contribution in [0.5, 0.6) is 0 Å². The SMILES string of the molecule is COC(=O)C12CCC(COC(C)=O)(CC1)CO2. The average molecular weight is 242 g/mol. The lowest BCUT2D eigenvalue weighted by atomic mass is 9.66. The summed E-state index contributed by atoms with van der Waals surface area (Å²) < 4.78 is 15.6. The van der Waals surface area contributed by atoms with Crippen LogP contribution in [-0.2, 0) is 23.8 Å². The van der Waals surface area contributed by atoms with Gasteiger partial charge in [-0.1, -0.05) is 0 Å². The number of hydrogen-bond acceptors (Lipinski definition) is 5. The predicted octanol–water partition coefficient (Wildman–Crippen LogP) is 1.05. The van der Waals surface area contributed by atoms with E-state index >= 15 is 0 Å². The molecule has 2 heterocycles. The molecule has 0 radical (unpaired) electrons. The van der Waals surface area contributed by atoms with E-state index in [9.17, 15) is 9.59 Å². The van der Waals surface area contributed by atoms with E-state index in [0.29, 0.717) is 26.1 Å². The van der Waals surface area contributed by atoms with Crippen molar-refractivity contribution in [2.45, 2.75) is 38.2 Å². The molecular formula is C12H18O5. The van der Waals surface area contributed by atoms with E-state index < -0.39 is 5.60 Å². The summed E-state index contributed by atoms with van der Waals surface area (Å²) in [5, 5.41) is 0. The minimum Gasteiger partial charge on any atom is -0.467 e. The zero-order chi connectivity index (χ0) is 12.5. The van der Waals surface area contributed by atoms with Gasteiger partial charge in [-0.15, -0.1) is 0 Å². The first-order valence-corrected chi connectivity index (χ1v) is 5.88. The van der Waals surface area contributed by atoms with Crippen molar-refractivity contribution in [3.63, 3.8) is 0 Å². The third-order valence-corrected chi connectivity index (χ3v) is 3.91. The Morgan fingerprint density at radius 1 is 1.24 bits per heavy atom. The lowest BCUT2D eigenvalue weighted by Crippen LogP contribution is -2.57. The summed E-state index contributed by atoms with van der Waals surface area (Å²) in [6, 6.07) is 0. The maximum absolute atomic E-state index is 11.7. The molecule has 3 aliphatic rings. The van der Waals surface area contributed by atoms with Crippen LogP contribution in [0, 0.1) is 5.41 Å². The number of esters is 2. The van der Waals surface area contributed by atoms with Crippen molar-refractivity contribution in [1.29, 1.82) is 0 Å². The van der Waals surface area contributed by atoms with Crippen LogP contribution in [0.15, 0.2) is 0 Å². The number of methoxy groups -OCH3 is 1. The van der Waals surface area contributed by atoms with Gasteiger partial charge in [-0.2, -0.15) is 0 Å². The van der Waals surface area contributed by atoms with Gasteiger partial charge in [-0.25, -0.2) is 4.79 Å². The van der Waals surface area contributed by atoms with Gasteiger partial charge < -0.3 is 14.2 Å². The molecular weight excluding hydrogens is 224 g/mol. The molecule has 0 aromatic carbocycles. The summed E-state index contributed by atoms with van der Waals surface area (Å²) in [6.45, 7) is 2.26. The molecule has 3 fully saturated rings. The zero-order valence-corrected chi connectivity index (χ0v) is 10.3. The van der Waals surface area contributed by atoms with Crippen molar-refractivity contribution in [2.24, 2.45) is 5.41 Å². The van der Waals surface area contributed by atoms with Crippen molar-refractivity contribution in [1.82, 2.24) is 0 Å². The molecule has 2 aliphatic heterocycles. The molecule has 0 aromatic rings. The first-order valence-electron chi connectivity index (χ1n) is 5.88. The molecule has 0 N–H and O–H groups in total. The molecule has 0 amide bonds. The molecule has 2 bridgehead atoms. The van der Waals surface area contributed by atoms with Gasteiger partial charge >= 0.3 is 11.9 Å². The van der Waals surface area contributed by atoms with Crippen LogP contribution < -0.4 is 0 Å². The summed E-state index contributed by atoms with van der Waals surface area (Å²) >= 11 is 0. The number of carbonyl (C=O) groups is 2. The van der Waals surface area contributed by atoms with Gasteiger partial charge in [0.25, 0.3) is 0 Å². The molecule has 0 aromatic heterocycles. The molecule has 1 aliphatic carbocycles. The zero-order valence-electron chi connectivity index (χ0n) is 10.3. The number of carbonyl (C=O) groups excluding carboxylic acids is 2. The van der Waals surface area contributed by atoms with Gasteiger partial charge in [0.1, 0.15) is 0 Å². The highest BCUT2D eigenvalue weighted by molar-refractivity contribution is 5.80. The Bertz CT molecular complexity index is 311. The van der Waals surface area contributed by atoms with Crippen LogP contribution >= 0.6 is 0 Å². The molecule has 0 unspecified atom stereocenters. The van der Waals surface area contributed by atoms with Crippen molar-refractivity contribution in [3.8, 4) is 0 Å². The Morgan fingerprint density at radius 2 is 1.88 bits per heavy atom. The Balaban J connectivity index is 1.99. The average Bonchev–Trinajstić information content (AvgIpc) is 2.38. The second-order valence-electron chi connectivity index (χ2n) is 5.05. The molecule has 0 atom stereocenters. The summed E-state index contributed by atoms with van der Waals surface area (Å²) in [4.78, 5) is 22.5. The third kappa shape index (κ3) is 2.16. The van der Waals surface area contributed by atoms with E-state index in [4.69, 9.17) is 14.2 Å². The maximum Gasteiger partial charge on any atom is 0.338 e. The van der Waals surface area contributed by atoms with Gasteiger partial charge in [0.2, 0.25) is 0 Å². The third-order valence-electron chi connectivity index (χ3n) is 3.91. The molecule has 3 rings (SSSR count). The van der Waals surface area contributed by atoms with Crippen LogP contribution in [0.25, 0.3) is 0 Å². The largest absolute Gasteiger partial charge is 0.467 e. The normalized spacial score (nSPS) is 35.4. The topological polar surface area (TPSA) is 61.8 Å². The Labute approximate surface area is 100 Å². The molecule has 5 nitrogen and oxygen atoms in total. The lowest BCUT2D eigenvalue weighted by molar-refractivity contribution is -0.217. The summed E-state index contributed by atoms with van der Waals surface area (Å²) in [5.74, 6) is -0.548. The minimum atomic E-state index is -0.743. The van der Waals surface area contributed by atoms with Gasteiger partial charge in [-0.05, 0) is 25.7 Å². The van der Waals surface area contributed by atoms with Crippen LogP contribution in [0.2, 0.25) is 0 Å². The van der Waals surface area contributed by atoms with E-state index in [0.717, 1.165) is 12.8 Å². The quantitative estimate of drug-likeness (QED) is 0.692. The van der Waals surface area contributed by atoms with Gasteiger partial charge in [0, 0.05) is 12.3 Å². The summed E-state index contributed by atoms with van der Waals surface area (Å²) in [7, 11) is 1.38. The van der Waals surface area contributed by atoms with Crippen LogP contribution in [-0.4, -0.2) is 37.9 Å². The lowest BCUT2D eigenvalue weighted by Gasteiger charge is -2.50. The highest BCUT2D eigenvalue weighted by Gasteiger charge is 2.54. The standard InChI is InChI=1S/C12H18O5/c1-9(13)16-7-11-3-5-12(6-4-11,17-8-11)10(14)15-2/h3-8H2,1-2H3. The predicted molar refractivity (Wildman–Crippen MR) is 58.2 cm³/mol. The van der Waals surface area contributed by atoms with Crippen LogP contribution in [0.1, 0.15) is 32.6 Å². The smallest absolute Gasteiger partial charge is 0.338 e. The van der Waals surface area contributed by atoms with Crippen molar-refractivity contribution in [2.75, 3.05) is 20.3 Å². The first kappa shape index (κ1) is 12.4. The van der Waals surface area contributed by atoms with E-state index in [1.54, 1.807) is 0 Å². The molecule has 5 heteroatoms. The molecule has 0 spiro atoms. The van der Waals surface area contributed by atoms with Crippen LogP contribution in [0.3, 0.4) is 0 Å². The van der Waals surface area contributed by atoms with Gasteiger partial charge in [0.15, 0.2) is 5.60 Å². The highest BCUT2D eigenvalue weighted by atomic mass is 16.6. The van der Waals surface area contributed by atoms with Crippen molar-refractivity contribution in [3.05, 3.63) is 0 Å². The molecule has 17 heavy (non-hydrogen) atoms. The maximum atomic E-state index is 11.7. The number of ether oxygens (including phenoxy) is 3. The van der Waals surface area contributed by atoms with E-state index in [-0.39, 0.29) is 17.4 Å². The number of fused-ring (bicyclic) bond motifs is 3. The summed E-state index contributed by atoms with van der Waals surface area (Å²) in [6.07, 6.45) is 2.99.